The van der Waals surface area contributed by atoms with E-state index in [0.29, 0.717) is 45.4 Å². The summed E-state index contributed by atoms with van der Waals surface area (Å²) in [4.78, 5) is 8.86. The summed E-state index contributed by atoms with van der Waals surface area (Å²) >= 11 is 6.04. The maximum absolute atomic E-state index is 12.7. The Morgan fingerprint density at radius 1 is 1.38 bits per heavy atom. The Kier molecular flexibility index (Phi) is 3.38. The van der Waals surface area contributed by atoms with E-state index >= 15 is 0 Å². The summed E-state index contributed by atoms with van der Waals surface area (Å²) in [6.45, 7) is 2.43. The number of aromatic nitrogens is 5. The third-order valence-electron chi connectivity index (χ3n) is 4.69. The first-order valence-electron chi connectivity index (χ1n) is 8.27. The van der Waals surface area contributed by atoms with Crippen molar-refractivity contribution in [2.75, 3.05) is 6.61 Å². The molecule has 0 radical (unpaired) electrons. The number of fused-ring (bicyclic) bond motifs is 3. The first-order valence-corrected chi connectivity index (χ1v) is 8.65. The summed E-state index contributed by atoms with van der Waals surface area (Å²) in [6.07, 6.45) is 3.35. The van der Waals surface area contributed by atoms with Gasteiger partial charge in [-0.1, -0.05) is 16.8 Å². The second kappa shape index (κ2) is 5.65. The highest BCUT2D eigenvalue weighted by Crippen LogP contribution is 2.30. The maximum Gasteiger partial charge on any atom is 0.279 e. The van der Waals surface area contributed by atoms with Crippen molar-refractivity contribution < 1.29 is 14.0 Å². The molecule has 0 spiro atoms. The van der Waals surface area contributed by atoms with Crippen molar-refractivity contribution in [1.29, 1.82) is 0 Å². The average Bonchev–Trinajstić information content (AvgIpc) is 3.38. The summed E-state index contributed by atoms with van der Waals surface area (Å²) < 4.78 is 13.7. The minimum atomic E-state index is -0.144. The van der Waals surface area contributed by atoms with Gasteiger partial charge in [-0.05, 0) is 25.0 Å². The van der Waals surface area contributed by atoms with Gasteiger partial charge in [0.2, 0.25) is 17.0 Å². The Balaban J connectivity index is 1.72. The number of rotatable bonds is 2. The Bertz CT molecular complexity index is 1150. The molecule has 8 nitrogen and oxygen atoms in total. The van der Waals surface area contributed by atoms with E-state index in [2.05, 4.69) is 15.1 Å². The number of aryl methyl sites for hydroxylation is 1. The number of hydrogen-bond donors (Lipinski definition) is 0. The average molecular weight is 372 g/mol. The molecule has 0 amide bonds. The molecule has 9 heteroatoms. The fourth-order valence-corrected chi connectivity index (χ4v) is 3.58. The molecule has 0 saturated carbocycles. The van der Waals surface area contributed by atoms with Crippen LogP contribution in [0.1, 0.15) is 30.5 Å². The fourth-order valence-electron chi connectivity index (χ4n) is 3.42. The summed E-state index contributed by atoms with van der Waals surface area (Å²) in [7, 11) is 0. The molecule has 3 aromatic heterocycles. The number of ether oxygens (including phenoxy) is 1. The molecule has 1 unspecified atom stereocenters. The number of nitrogens with zero attached hydrogens (tertiary/aromatic N) is 5. The van der Waals surface area contributed by atoms with Crippen LogP contribution in [0.25, 0.3) is 28.1 Å². The highest BCUT2D eigenvalue weighted by molar-refractivity contribution is 6.31. The van der Waals surface area contributed by atoms with Gasteiger partial charge in [-0.25, -0.2) is 4.98 Å². The lowest BCUT2D eigenvalue weighted by atomic mass is 10.2. The van der Waals surface area contributed by atoms with Crippen LogP contribution in [0.5, 0.6) is 0 Å². The topological polar surface area (TPSA) is 92.4 Å². The van der Waals surface area contributed by atoms with Gasteiger partial charge in [-0.2, -0.15) is 9.71 Å². The highest BCUT2D eigenvalue weighted by Gasteiger charge is 2.27. The molecule has 0 aliphatic carbocycles. The molecule has 132 valence electrons. The molecule has 1 atom stereocenters. The molecule has 5 rings (SSSR count). The van der Waals surface area contributed by atoms with E-state index < -0.39 is 0 Å². The van der Waals surface area contributed by atoms with Crippen LogP contribution in [-0.2, 0) is 4.74 Å². The quantitative estimate of drug-likeness (QED) is 0.397. The molecular formula is C17H14ClN5O3. The first-order chi connectivity index (χ1) is 12.6. The summed E-state index contributed by atoms with van der Waals surface area (Å²) in [6, 6.07) is 5.16. The van der Waals surface area contributed by atoms with Gasteiger partial charge >= 0.3 is 0 Å². The molecule has 0 N–H and O–H groups in total. The number of benzene rings is 1. The lowest BCUT2D eigenvalue weighted by Gasteiger charge is -2.08. The standard InChI is InChI=1S/C17H14ClN5O3/c1-9-15-14(17-20-16(21-26-17)13-3-2-6-25-13)19-8-22(15)11-5-4-10(18)7-12(11)23(9)24/h4-5,7-8,13H,2-3,6H2,1H3. The van der Waals surface area contributed by atoms with E-state index in [-0.39, 0.29) is 12.0 Å². The van der Waals surface area contributed by atoms with Crippen LogP contribution in [-0.4, -0.2) is 26.1 Å². The van der Waals surface area contributed by atoms with Gasteiger partial charge in [-0.15, -0.1) is 0 Å². The van der Waals surface area contributed by atoms with Crippen LogP contribution in [0.3, 0.4) is 0 Å². The van der Waals surface area contributed by atoms with Crippen LogP contribution in [0.4, 0.5) is 0 Å². The van der Waals surface area contributed by atoms with E-state index in [1.54, 1.807) is 31.5 Å². The Labute approximate surface area is 152 Å². The first kappa shape index (κ1) is 15.5. The van der Waals surface area contributed by atoms with E-state index in [1.807, 2.05) is 4.40 Å². The second-order valence-electron chi connectivity index (χ2n) is 6.28. The normalized spacial score (nSPS) is 17.5. The van der Waals surface area contributed by atoms with Crippen molar-refractivity contribution in [1.82, 2.24) is 19.5 Å². The van der Waals surface area contributed by atoms with Gasteiger partial charge in [0.25, 0.3) is 5.89 Å². The molecule has 1 aliphatic rings. The van der Waals surface area contributed by atoms with E-state index in [1.165, 1.54) is 0 Å². The lowest BCUT2D eigenvalue weighted by molar-refractivity contribution is -0.583. The molecule has 1 fully saturated rings. The van der Waals surface area contributed by atoms with Crippen molar-refractivity contribution in [3.63, 3.8) is 0 Å². The predicted molar refractivity (Wildman–Crippen MR) is 92.6 cm³/mol. The Morgan fingerprint density at radius 2 is 2.27 bits per heavy atom. The van der Waals surface area contributed by atoms with Gasteiger partial charge in [-0.3, -0.25) is 4.40 Å². The van der Waals surface area contributed by atoms with E-state index in [4.69, 9.17) is 20.9 Å². The molecule has 0 bridgehead atoms. The molecular weight excluding hydrogens is 358 g/mol. The number of halogens is 1. The summed E-state index contributed by atoms with van der Waals surface area (Å²) in [5.41, 5.74) is 2.74. The summed E-state index contributed by atoms with van der Waals surface area (Å²) in [5, 5.41) is 17.2. The van der Waals surface area contributed by atoms with Crippen LogP contribution < -0.4 is 4.73 Å². The van der Waals surface area contributed by atoms with Gasteiger partial charge in [0.1, 0.15) is 23.5 Å². The Hall–Kier alpha value is -2.71. The predicted octanol–water partition coefficient (Wildman–Crippen LogP) is 2.98. The zero-order valence-corrected chi connectivity index (χ0v) is 14.6. The van der Waals surface area contributed by atoms with Gasteiger partial charge in [0, 0.05) is 24.6 Å². The zero-order valence-electron chi connectivity index (χ0n) is 13.8. The molecule has 26 heavy (non-hydrogen) atoms. The van der Waals surface area contributed by atoms with Crippen molar-refractivity contribution >= 4 is 28.2 Å². The van der Waals surface area contributed by atoms with Crippen molar-refractivity contribution in [3.05, 3.63) is 46.3 Å². The molecule has 4 aromatic rings. The van der Waals surface area contributed by atoms with E-state index in [9.17, 15) is 5.21 Å². The molecule has 1 aromatic carbocycles. The second-order valence-corrected chi connectivity index (χ2v) is 6.72. The number of imidazole rings is 1. The molecule has 1 aliphatic heterocycles. The number of hydrogen-bond acceptors (Lipinski definition) is 6. The largest absolute Gasteiger partial charge is 0.618 e. The summed E-state index contributed by atoms with van der Waals surface area (Å²) in [5.74, 6) is 0.785. The van der Waals surface area contributed by atoms with Crippen molar-refractivity contribution in [2.45, 2.75) is 25.9 Å². The maximum atomic E-state index is 12.7. The highest BCUT2D eigenvalue weighted by atomic mass is 35.5. The fraction of sp³-hybridized carbons (Fsp3) is 0.294. The van der Waals surface area contributed by atoms with Gasteiger partial charge in [0.05, 0.1) is 0 Å². The van der Waals surface area contributed by atoms with Crippen molar-refractivity contribution in [2.24, 2.45) is 0 Å². The third-order valence-corrected chi connectivity index (χ3v) is 4.93. The monoisotopic (exact) mass is 371 g/mol. The Morgan fingerprint density at radius 3 is 3.08 bits per heavy atom. The van der Waals surface area contributed by atoms with Gasteiger partial charge in [0.15, 0.2) is 5.69 Å². The minimum Gasteiger partial charge on any atom is -0.618 e. The third kappa shape index (κ3) is 2.19. The lowest BCUT2D eigenvalue weighted by Crippen LogP contribution is -2.32. The molecule has 1 saturated heterocycles. The van der Waals surface area contributed by atoms with Crippen LogP contribution >= 0.6 is 11.6 Å². The smallest absolute Gasteiger partial charge is 0.279 e. The van der Waals surface area contributed by atoms with Crippen LogP contribution in [0, 0.1) is 12.1 Å². The van der Waals surface area contributed by atoms with E-state index in [0.717, 1.165) is 17.6 Å². The molecule has 4 heterocycles. The zero-order chi connectivity index (χ0) is 17.8. The van der Waals surface area contributed by atoms with Crippen LogP contribution in [0.2, 0.25) is 5.02 Å². The minimum absolute atomic E-state index is 0.144. The SMILES string of the molecule is Cc1c2c(-c3nc(C4CCCO4)no3)ncn2c2ccc(Cl)cc2[n+]1[O-]. The van der Waals surface area contributed by atoms with Gasteiger partial charge < -0.3 is 14.5 Å². The van der Waals surface area contributed by atoms with Crippen molar-refractivity contribution in [3.8, 4) is 11.6 Å². The van der Waals surface area contributed by atoms with Crippen LogP contribution in [0.15, 0.2) is 29.0 Å².